The number of rotatable bonds is 10. The molecule has 176 valence electrons. The summed E-state index contributed by atoms with van der Waals surface area (Å²) >= 11 is 0. The molecular weight excluding hydrogens is 362 g/mol. The molecule has 0 spiro atoms. The summed E-state index contributed by atoms with van der Waals surface area (Å²) in [5, 5.41) is 0. The highest BCUT2D eigenvalue weighted by molar-refractivity contribution is 5.16. The van der Waals surface area contributed by atoms with E-state index in [2.05, 4.69) is 127 Å². The van der Waals surface area contributed by atoms with Crippen molar-refractivity contribution in [3.05, 3.63) is 37.0 Å². The quantitative estimate of drug-likeness (QED) is 0.353. The van der Waals surface area contributed by atoms with Gasteiger partial charge in [-0.2, -0.15) is 0 Å². The molecule has 0 saturated heterocycles. The summed E-state index contributed by atoms with van der Waals surface area (Å²) in [6.45, 7) is 34.0. The van der Waals surface area contributed by atoms with Crippen LogP contribution in [0.4, 0.5) is 0 Å². The molecule has 2 N–H and O–H groups in total. The highest BCUT2D eigenvalue weighted by atomic mass is 14.8. The van der Waals surface area contributed by atoms with Gasteiger partial charge in [0.05, 0.1) is 0 Å². The van der Waals surface area contributed by atoms with Crippen molar-refractivity contribution < 1.29 is 0 Å². The summed E-state index contributed by atoms with van der Waals surface area (Å²) in [5.74, 6) is 0.258. The fraction of sp³-hybridized carbons (Fsp3) is 0.793. The lowest BCUT2D eigenvalue weighted by atomic mass is 9.61. The first kappa shape index (κ1) is 29.2. The Morgan fingerprint density at radius 3 is 1.50 bits per heavy atom. The smallest absolute Gasteiger partial charge is 0.0275 e. The average Bonchev–Trinajstić information content (AvgIpc) is 2.53. The zero-order chi connectivity index (χ0) is 24.2. The Hall–Kier alpha value is -0.820. The van der Waals surface area contributed by atoms with Crippen LogP contribution in [0.1, 0.15) is 109 Å². The molecule has 1 heteroatoms. The van der Waals surface area contributed by atoms with Crippen molar-refractivity contribution in [3.8, 4) is 0 Å². The van der Waals surface area contributed by atoms with E-state index < -0.39 is 0 Å². The van der Waals surface area contributed by atoms with E-state index in [1.807, 2.05) is 0 Å². The molecule has 0 aliphatic carbocycles. The Labute approximate surface area is 190 Å². The summed E-state index contributed by atoms with van der Waals surface area (Å²) < 4.78 is 0. The molecule has 1 nitrogen and oxygen atoms in total. The average molecular weight is 418 g/mol. The Balaban J connectivity index is 5.55. The van der Waals surface area contributed by atoms with E-state index >= 15 is 0 Å². The van der Waals surface area contributed by atoms with Crippen LogP contribution in [0.25, 0.3) is 0 Å². The van der Waals surface area contributed by atoms with Crippen LogP contribution in [0, 0.1) is 33.0 Å². The molecule has 0 aliphatic rings. The molecule has 0 fully saturated rings. The van der Waals surface area contributed by atoms with E-state index in [1.165, 1.54) is 0 Å². The number of nitrogens with two attached hydrogens (primary N) is 1. The van der Waals surface area contributed by atoms with Crippen LogP contribution in [-0.2, 0) is 0 Å². The van der Waals surface area contributed by atoms with Gasteiger partial charge >= 0.3 is 0 Å². The van der Waals surface area contributed by atoms with Crippen LogP contribution >= 0.6 is 0 Å². The second-order valence-electron chi connectivity index (χ2n) is 14.0. The summed E-state index contributed by atoms with van der Waals surface area (Å²) in [6, 6.07) is 0. The van der Waals surface area contributed by atoms with Crippen LogP contribution in [0.3, 0.4) is 0 Å². The molecule has 0 amide bonds. The van der Waals surface area contributed by atoms with Gasteiger partial charge < -0.3 is 5.73 Å². The number of hydrogen-bond acceptors (Lipinski definition) is 1. The first-order valence-electron chi connectivity index (χ1n) is 11.8. The Morgan fingerprint density at radius 1 is 0.667 bits per heavy atom. The van der Waals surface area contributed by atoms with Crippen molar-refractivity contribution in [3.63, 3.8) is 0 Å². The van der Waals surface area contributed by atoms with E-state index in [0.717, 1.165) is 19.3 Å². The van der Waals surface area contributed by atoms with Crippen molar-refractivity contribution in [2.75, 3.05) is 0 Å². The minimum atomic E-state index is -0.370. The van der Waals surface area contributed by atoms with E-state index in [1.54, 1.807) is 0 Å². The van der Waals surface area contributed by atoms with Crippen molar-refractivity contribution >= 4 is 0 Å². The maximum absolute atomic E-state index is 7.00. The standard InChI is InChI=1S/C29H55N/c1-15-23(22-25(5,6)7)29(14,30)28(12,13)21-20-27(10,11)26(8,9)19-17-16-18-24(2,3)4/h15-17,20-21,23H,1,18-19,22,30H2,2-14H3/b17-16-,21-20+. The number of hydrogen-bond donors (Lipinski definition) is 1. The van der Waals surface area contributed by atoms with Gasteiger partial charge in [0.1, 0.15) is 0 Å². The van der Waals surface area contributed by atoms with E-state index in [-0.39, 0.29) is 33.1 Å². The third-order valence-corrected chi connectivity index (χ3v) is 7.46. The van der Waals surface area contributed by atoms with Gasteiger partial charge in [-0.25, -0.2) is 0 Å². The molecule has 30 heavy (non-hydrogen) atoms. The molecule has 2 unspecified atom stereocenters. The molecule has 2 atom stereocenters. The van der Waals surface area contributed by atoms with Crippen molar-refractivity contribution in [1.82, 2.24) is 0 Å². The van der Waals surface area contributed by atoms with Crippen molar-refractivity contribution in [2.24, 2.45) is 38.7 Å². The van der Waals surface area contributed by atoms with Gasteiger partial charge in [0.15, 0.2) is 0 Å². The van der Waals surface area contributed by atoms with Crippen LogP contribution in [0.5, 0.6) is 0 Å². The molecule has 0 saturated carbocycles. The lowest BCUT2D eigenvalue weighted by molar-refractivity contribution is 0.139. The SMILES string of the molecule is C=CC(CC(C)(C)C)C(C)(N)C(C)(C)/C=C/C(C)(C)C(C)(C)C/C=C\CC(C)(C)C. The fourth-order valence-corrected chi connectivity index (χ4v) is 3.58. The minimum Gasteiger partial charge on any atom is -0.324 e. The lowest BCUT2D eigenvalue weighted by Gasteiger charge is -2.47. The van der Waals surface area contributed by atoms with Gasteiger partial charge in [-0.1, -0.05) is 113 Å². The van der Waals surface area contributed by atoms with Crippen molar-refractivity contribution in [1.29, 1.82) is 0 Å². The molecule has 0 heterocycles. The maximum atomic E-state index is 7.00. The fourth-order valence-electron chi connectivity index (χ4n) is 3.58. The number of allylic oxidation sites excluding steroid dienone is 3. The highest BCUT2D eigenvalue weighted by Gasteiger charge is 2.43. The van der Waals surface area contributed by atoms with Gasteiger partial charge in [0, 0.05) is 11.0 Å². The zero-order valence-electron chi connectivity index (χ0n) is 22.9. The van der Waals surface area contributed by atoms with Gasteiger partial charge in [-0.15, -0.1) is 6.58 Å². The van der Waals surface area contributed by atoms with E-state index in [9.17, 15) is 0 Å². The van der Waals surface area contributed by atoms with Crippen LogP contribution in [0.2, 0.25) is 0 Å². The third kappa shape index (κ3) is 8.74. The molecular formula is C29H55N. The topological polar surface area (TPSA) is 26.0 Å². The zero-order valence-corrected chi connectivity index (χ0v) is 22.9. The summed E-state index contributed by atoms with van der Waals surface area (Å²) in [5.41, 5.74) is 7.26. The largest absolute Gasteiger partial charge is 0.324 e. The van der Waals surface area contributed by atoms with E-state index in [0.29, 0.717) is 5.41 Å². The molecule has 0 bridgehead atoms. The van der Waals surface area contributed by atoms with Crippen LogP contribution < -0.4 is 5.73 Å². The third-order valence-electron chi connectivity index (χ3n) is 7.46. The predicted molar refractivity (Wildman–Crippen MR) is 139 cm³/mol. The molecule has 0 aliphatic heterocycles. The predicted octanol–water partition coefficient (Wildman–Crippen LogP) is 8.96. The molecule has 0 aromatic carbocycles. The van der Waals surface area contributed by atoms with Crippen LogP contribution in [-0.4, -0.2) is 5.54 Å². The lowest BCUT2D eigenvalue weighted by Crippen LogP contribution is -2.55. The maximum Gasteiger partial charge on any atom is 0.0275 e. The first-order valence-corrected chi connectivity index (χ1v) is 11.8. The Bertz CT molecular complexity index is 597. The molecule has 0 aromatic heterocycles. The van der Waals surface area contributed by atoms with Gasteiger partial charge in [-0.3, -0.25) is 0 Å². The molecule has 0 rings (SSSR count). The van der Waals surface area contributed by atoms with Gasteiger partial charge in [-0.05, 0) is 53.8 Å². The summed E-state index contributed by atoms with van der Waals surface area (Å²) in [4.78, 5) is 0. The van der Waals surface area contributed by atoms with Crippen LogP contribution in [0.15, 0.2) is 37.0 Å². The van der Waals surface area contributed by atoms with Gasteiger partial charge in [0.25, 0.3) is 0 Å². The molecule has 0 radical (unpaired) electrons. The van der Waals surface area contributed by atoms with E-state index in [4.69, 9.17) is 5.73 Å². The summed E-state index contributed by atoms with van der Waals surface area (Å²) in [7, 11) is 0. The Morgan fingerprint density at radius 2 is 1.10 bits per heavy atom. The normalized spacial score (nSPS) is 18.1. The monoisotopic (exact) mass is 417 g/mol. The summed E-state index contributed by atoms with van der Waals surface area (Å²) in [6.07, 6.45) is 14.8. The minimum absolute atomic E-state index is 0.0557. The van der Waals surface area contributed by atoms with Crippen molar-refractivity contribution in [2.45, 2.75) is 115 Å². The first-order chi connectivity index (χ1) is 13.1. The Kier molecular flexibility index (Phi) is 9.50. The highest BCUT2D eigenvalue weighted by Crippen LogP contribution is 2.46. The second kappa shape index (κ2) is 9.76. The second-order valence-corrected chi connectivity index (χ2v) is 14.0. The van der Waals surface area contributed by atoms with Gasteiger partial charge in [0.2, 0.25) is 0 Å². The molecule has 0 aromatic rings.